The van der Waals surface area contributed by atoms with E-state index in [1.165, 1.54) is 0 Å². The molecule has 0 unspecified atom stereocenters. The Morgan fingerprint density at radius 2 is 1.51 bits per heavy atom. The van der Waals surface area contributed by atoms with Gasteiger partial charge >= 0.3 is 6.09 Å². The minimum Gasteiger partial charge on any atom is -0.409 e. The maximum atomic E-state index is 14.3. The molecule has 328 valence electrons. The first-order valence-corrected chi connectivity index (χ1v) is 21.9. The first-order valence-electron chi connectivity index (χ1n) is 20.8. The molecule has 0 saturated carbocycles. The summed E-state index contributed by atoms with van der Waals surface area (Å²) in [5.41, 5.74) is 6.96. The normalized spacial score (nSPS) is 15.7. The van der Waals surface area contributed by atoms with Crippen molar-refractivity contribution in [1.82, 2.24) is 25.5 Å². The molecule has 61 heavy (non-hydrogen) atoms. The molecule has 3 aromatic carbocycles. The SMILES string of the molecule is CCC(=O)NCCOCCOCCOCCOCCC(=O)N/N=C(\C)c1ccc2[nH]c(C(=O)N3C[C@@H](CBr)c4c3cc(OC(=O)N3CCN(C)CC3)c3ccccc43)cc2c1. The predicted octanol–water partition coefficient (Wildman–Crippen LogP) is 5.03. The van der Waals surface area contributed by atoms with Crippen LogP contribution in [0.15, 0.2) is 59.7 Å². The average molecular weight is 907 g/mol. The monoisotopic (exact) mass is 905 g/mol. The molecule has 1 aromatic heterocycles. The number of likely N-dealkylation sites (N-methyl/N-ethyl adjacent to an activating group) is 1. The molecular formula is C44H56BrN7O9. The Hall–Kier alpha value is -4.91. The lowest BCUT2D eigenvalue weighted by Gasteiger charge is -2.31. The quantitative estimate of drug-likeness (QED) is 0.0445. The van der Waals surface area contributed by atoms with E-state index in [1.54, 1.807) is 23.6 Å². The van der Waals surface area contributed by atoms with Crippen LogP contribution in [0.5, 0.6) is 5.75 Å². The van der Waals surface area contributed by atoms with E-state index in [0.717, 1.165) is 51.6 Å². The Morgan fingerprint density at radius 1 is 0.836 bits per heavy atom. The summed E-state index contributed by atoms with van der Waals surface area (Å²) < 4.78 is 27.9. The number of nitrogens with zero attached hydrogens (tertiary/aromatic N) is 4. The fraction of sp³-hybridized carbons (Fsp3) is 0.477. The predicted molar refractivity (Wildman–Crippen MR) is 237 cm³/mol. The summed E-state index contributed by atoms with van der Waals surface area (Å²) in [7, 11) is 2.04. The maximum absolute atomic E-state index is 14.3. The van der Waals surface area contributed by atoms with Gasteiger partial charge in [-0.2, -0.15) is 5.10 Å². The minimum atomic E-state index is -0.395. The van der Waals surface area contributed by atoms with E-state index in [0.29, 0.717) is 101 Å². The van der Waals surface area contributed by atoms with Crippen LogP contribution < -0.4 is 20.4 Å². The number of aromatic nitrogens is 1. The minimum absolute atomic E-state index is 0.00311. The highest BCUT2D eigenvalue weighted by Gasteiger charge is 2.36. The zero-order valence-corrected chi connectivity index (χ0v) is 36.7. The van der Waals surface area contributed by atoms with E-state index in [1.807, 2.05) is 61.6 Å². The Bertz CT molecular complexity index is 2170. The van der Waals surface area contributed by atoms with Gasteiger partial charge < -0.3 is 48.7 Å². The highest BCUT2D eigenvalue weighted by atomic mass is 79.9. The van der Waals surface area contributed by atoms with Crippen LogP contribution in [0.2, 0.25) is 0 Å². The number of fused-ring (bicyclic) bond motifs is 4. The Morgan fingerprint density at radius 3 is 2.20 bits per heavy atom. The number of benzene rings is 3. The third-order valence-electron chi connectivity index (χ3n) is 10.6. The molecule has 0 radical (unpaired) electrons. The van der Waals surface area contributed by atoms with E-state index >= 15 is 0 Å². The largest absolute Gasteiger partial charge is 0.415 e. The van der Waals surface area contributed by atoms with Gasteiger partial charge in [0, 0.05) is 79.3 Å². The van der Waals surface area contributed by atoms with Gasteiger partial charge in [-0.3, -0.25) is 14.4 Å². The maximum Gasteiger partial charge on any atom is 0.415 e. The molecule has 4 amide bonds. The lowest BCUT2D eigenvalue weighted by Crippen LogP contribution is -2.48. The molecular weight excluding hydrogens is 850 g/mol. The molecule has 0 aliphatic carbocycles. The molecule has 1 atom stereocenters. The molecule has 1 fully saturated rings. The summed E-state index contributed by atoms with van der Waals surface area (Å²) in [4.78, 5) is 60.2. The van der Waals surface area contributed by atoms with Crippen molar-refractivity contribution in [3.63, 3.8) is 0 Å². The lowest BCUT2D eigenvalue weighted by molar-refractivity contribution is -0.122. The van der Waals surface area contributed by atoms with Gasteiger partial charge in [-0.1, -0.05) is 53.2 Å². The van der Waals surface area contributed by atoms with Crippen molar-refractivity contribution in [1.29, 1.82) is 0 Å². The molecule has 6 rings (SSSR count). The second kappa shape index (κ2) is 22.8. The van der Waals surface area contributed by atoms with Crippen molar-refractivity contribution in [3.8, 4) is 5.75 Å². The molecule has 1 saturated heterocycles. The van der Waals surface area contributed by atoms with Crippen LogP contribution in [0.3, 0.4) is 0 Å². The fourth-order valence-electron chi connectivity index (χ4n) is 7.16. The van der Waals surface area contributed by atoms with Crippen LogP contribution in [0, 0.1) is 0 Å². The number of ether oxygens (including phenoxy) is 5. The Labute approximate surface area is 364 Å². The molecule has 3 N–H and O–H groups in total. The van der Waals surface area contributed by atoms with Crippen LogP contribution in [0.4, 0.5) is 10.5 Å². The number of alkyl halides is 1. The van der Waals surface area contributed by atoms with E-state index in [4.69, 9.17) is 23.7 Å². The number of nitrogens with one attached hydrogen (secondary N) is 3. The van der Waals surface area contributed by atoms with Crippen molar-refractivity contribution in [2.45, 2.75) is 32.6 Å². The van der Waals surface area contributed by atoms with Crippen LogP contribution in [0.1, 0.15) is 54.2 Å². The third-order valence-corrected chi connectivity index (χ3v) is 11.4. The summed E-state index contributed by atoms with van der Waals surface area (Å²) in [6.45, 7) is 10.4. The number of carbonyl (C=O) groups excluding carboxylic acids is 4. The summed E-state index contributed by atoms with van der Waals surface area (Å²) in [6.07, 6.45) is 0.198. The number of hydrazone groups is 1. The number of hydrogen-bond donors (Lipinski definition) is 3. The number of piperazine rings is 1. The van der Waals surface area contributed by atoms with Crippen molar-refractivity contribution >= 4 is 72.8 Å². The van der Waals surface area contributed by atoms with Crippen molar-refractivity contribution < 1.29 is 42.9 Å². The first kappa shape index (κ1) is 45.6. The number of H-pyrrole nitrogens is 1. The van der Waals surface area contributed by atoms with Crippen molar-refractivity contribution in [2.24, 2.45) is 5.10 Å². The molecule has 0 bridgehead atoms. The standard InChI is InChI=1S/C44H56BrN7O9/c1-4-40(53)46-12-18-58-20-22-60-24-23-59-21-19-57-17-11-41(54)49-48-30(2)31-9-10-36-32(25-31)26-37(47-36)43(55)52-29-33(28-45)42-35-8-6-5-7-34(35)39(27-38(42)52)61-44(56)51-15-13-50(3)14-16-51/h5-10,25-27,33,47H,4,11-24,28-29H2,1-3H3,(H,46,53)(H,49,54)/b48-30+/t33-/m1/s1. The molecule has 3 heterocycles. The zero-order valence-electron chi connectivity index (χ0n) is 35.1. The lowest BCUT2D eigenvalue weighted by atomic mass is 9.95. The number of rotatable bonds is 21. The number of anilines is 1. The highest BCUT2D eigenvalue weighted by molar-refractivity contribution is 9.09. The molecule has 4 aromatic rings. The summed E-state index contributed by atoms with van der Waals surface area (Å²) in [5.74, 6) is -0.0130. The van der Waals surface area contributed by atoms with Gasteiger partial charge in [-0.15, -0.1) is 0 Å². The summed E-state index contributed by atoms with van der Waals surface area (Å²) in [6, 6.07) is 17.2. The third kappa shape index (κ3) is 12.4. The van der Waals surface area contributed by atoms with Crippen LogP contribution in [-0.4, -0.2) is 149 Å². The van der Waals surface area contributed by atoms with Gasteiger partial charge in [-0.25, -0.2) is 10.2 Å². The van der Waals surface area contributed by atoms with E-state index in [-0.39, 0.29) is 36.7 Å². The van der Waals surface area contributed by atoms with Gasteiger partial charge in [0.15, 0.2) is 0 Å². The number of halogens is 1. The Balaban J connectivity index is 0.974. The number of amides is 4. The summed E-state index contributed by atoms with van der Waals surface area (Å²) >= 11 is 3.69. The van der Waals surface area contributed by atoms with Gasteiger partial charge in [0.05, 0.1) is 70.7 Å². The van der Waals surface area contributed by atoms with Gasteiger partial charge in [0.25, 0.3) is 5.91 Å². The van der Waals surface area contributed by atoms with E-state index in [9.17, 15) is 19.2 Å². The molecule has 2 aliphatic heterocycles. The second-order valence-electron chi connectivity index (χ2n) is 14.9. The smallest absolute Gasteiger partial charge is 0.409 e. The van der Waals surface area contributed by atoms with Gasteiger partial charge in [0.1, 0.15) is 11.4 Å². The van der Waals surface area contributed by atoms with E-state index in [2.05, 4.69) is 41.7 Å². The van der Waals surface area contributed by atoms with Crippen LogP contribution in [-0.2, 0) is 28.5 Å². The van der Waals surface area contributed by atoms with Crippen LogP contribution >= 0.6 is 15.9 Å². The molecule has 16 nitrogen and oxygen atoms in total. The summed E-state index contributed by atoms with van der Waals surface area (Å²) in [5, 5.41) is 10.3. The van der Waals surface area contributed by atoms with Crippen molar-refractivity contribution in [2.75, 3.05) is 109 Å². The zero-order chi connectivity index (χ0) is 43.1. The first-order chi connectivity index (χ1) is 29.7. The number of carbonyl (C=O) groups is 4. The average Bonchev–Trinajstić information content (AvgIpc) is 3.88. The Kier molecular flexibility index (Phi) is 17.0. The van der Waals surface area contributed by atoms with Gasteiger partial charge in [0.2, 0.25) is 11.8 Å². The second-order valence-corrected chi connectivity index (χ2v) is 15.5. The number of aromatic amines is 1. The molecule has 2 aliphatic rings. The van der Waals surface area contributed by atoms with Crippen molar-refractivity contribution in [3.05, 3.63) is 71.4 Å². The van der Waals surface area contributed by atoms with Crippen LogP contribution in [0.25, 0.3) is 21.7 Å². The fourth-order valence-corrected chi connectivity index (χ4v) is 7.69. The highest BCUT2D eigenvalue weighted by Crippen LogP contribution is 2.46. The van der Waals surface area contributed by atoms with E-state index < -0.39 is 6.09 Å². The topological polar surface area (TPSA) is 176 Å². The van der Waals surface area contributed by atoms with Gasteiger partial charge in [-0.05, 0) is 48.7 Å². The number of hydrogen-bond acceptors (Lipinski definition) is 11. The molecule has 0 spiro atoms. The molecule has 17 heteroatoms.